The van der Waals surface area contributed by atoms with Gasteiger partial charge in [-0.25, -0.2) is 15.0 Å². The lowest BCUT2D eigenvalue weighted by Crippen LogP contribution is -2.45. The van der Waals surface area contributed by atoms with Crippen LogP contribution in [0.25, 0.3) is 11.3 Å². The van der Waals surface area contributed by atoms with Gasteiger partial charge in [-0.15, -0.1) is 0 Å². The van der Waals surface area contributed by atoms with Crippen LogP contribution in [0.15, 0.2) is 69.3 Å². The van der Waals surface area contributed by atoms with E-state index in [9.17, 15) is 14.4 Å². The summed E-state index contributed by atoms with van der Waals surface area (Å²) >= 11 is 6.09. The summed E-state index contributed by atoms with van der Waals surface area (Å²) in [6.07, 6.45) is 1.37. The molecule has 3 amide bonds. The molecule has 0 radical (unpaired) electrons. The average Bonchev–Trinajstić information content (AvgIpc) is 3.41. The van der Waals surface area contributed by atoms with Crippen LogP contribution < -0.4 is 25.5 Å². The zero-order chi connectivity index (χ0) is 28.8. The highest BCUT2D eigenvalue weighted by atomic mass is 35.5. The number of hydrogen-bond donors (Lipinski definition) is 3. The average molecular weight is 567 g/mol. The summed E-state index contributed by atoms with van der Waals surface area (Å²) in [5.41, 5.74) is 5.43. The molecule has 208 valence electrons. The zero-order valence-corrected chi connectivity index (χ0v) is 22.9. The fraction of sp³-hybridized carbons (Fsp3) is 0.214. The summed E-state index contributed by atoms with van der Waals surface area (Å²) in [4.78, 5) is 36.7. The van der Waals surface area contributed by atoms with E-state index in [1.165, 1.54) is 20.4 Å². The molecule has 0 saturated carbocycles. The van der Waals surface area contributed by atoms with Crippen LogP contribution in [0, 0.1) is 6.92 Å². The number of allylic oxidation sites excluding steroid dienone is 1. The number of benzene rings is 2. The Hall–Kier alpha value is -4.77. The van der Waals surface area contributed by atoms with E-state index in [2.05, 4.69) is 21.2 Å². The highest BCUT2D eigenvalue weighted by molar-refractivity contribution is 6.30. The number of amides is 3. The van der Waals surface area contributed by atoms with Crippen LogP contribution in [0.1, 0.15) is 29.9 Å². The monoisotopic (exact) mass is 566 g/mol. The molecule has 1 atom stereocenters. The molecule has 0 fully saturated rings. The van der Waals surface area contributed by atoms with Crippen LogP contribution in [0.4, 0.5) is 4.79 Å². The van der Waals surface area contributed by atoms with E-state index < -0.39 is 23.9 Å². The molecule has 0 saturated heterocycles. The molecule has 1 aliphatic rings. The number of rotatable bonds is 9. The van der Waals surface area contributed by atoms with Gasteiger partial charge in [0, 0.05) is 16.3 Å². The number of nitrogens with zero attached hydrogens (tertiary/aromatic N) is 1. The van der Waals surface area contributed by atoms with Crippen LogP contribution in [-0.2, 0) is 14.3 Å². The topological polar surface area (TPSA) is 140 Å². The second-order valence-corrected chi connectivity index (χ2v) is 9.15. The van der Waals surface area contributed by atoms with Crippen molar-refractivity contribution >= 4 is 35.7 Å². The lowest BCUT2D eigenvalue weighted by atomic mass is 9.95. The van der Waals surface area contributed by atoms with Crippen LogP contribution in [0.5, 0.6) is 11.5 Å². The number of esters is 1. The lowest BCUT2D eigenvalue weighted by Gasteiger charge is -2.28. The van der Waals surface area contributed by atoms with Crippen molar-refractivity contribution in [3.05, 3.63) is 81.7 Å². The molecule has 1 aromatic heterocycles. The van der Waals surface area contributed by atoms with Crippen molar-refractivity contribution in [1.82, 2.24) is 16.1 Å². The predicted molar refractivity (Wildman–Crippen MR) is 147 cm³/mol. The first kappa shape index (κ1) is 28.2. The fourth-order valence-corrected chi connectivity index (χ4v) is 4.25. The number of ether oxygens (including phenoxy) is 3. The van der Waals surface area contributed by atoms with Gasteiger partial charge in [0.15, 0.2) is 18.1 Å². The third-order valence-corrected chi connectivity index (χ3v) is 6.26. The molecule has 0 unspecified atom stereocenters. The molecule has 0 aliphatic carbocycles. The summed E-state index contributed by atoms with van der Waals surface area (Å²) in [5.74, 6) is 0.531. The molecular formula is C28H27ClN4O7. The van der Waals surface area contributed by atoms with E-state index >= 15 is 0 Å². The van der Waals surface area contributed by atoms with E-state index in [-0.39, 0.29) is 17.9 Å². The minimum atomic E-state index is -0.772. The highest BCUT2D eigenvalue weighted by Crippen LogP contribution is 2.34. The molecular weight excluding hydrogens is 540 g/mol. The Labute approximate surface area is 235 Å². The minimum absolute atomic E-state index is 0.251. The maximum Gasteiger partial charge on any atom is 0.337 e. The molecule has 11 nitrogen and oxygen atoms in total. The Morgan fingerprint density at radius 2 is 1.90 bits per heavy atom. The SMILES string of the molecule is COC(=O)C1=C(C)NC(=O)N[C@@H]1c1ccc(OCC(=O)N/N=C\c2ccc(-c3cc(Cl)ccc3C)o2)c(OC)c1. The maximum atomic E-state index is 12.3. The Morgan fingerprint density at radius 1 is 1.10 bits per heavy atom. The number of methoxy groups -OCH3 is 2. The van der Waals surface area contributed by atoms with E-state index in [0.717, 1.165) is 11.1 Å². The van der Waals surface area contributed by atoms with Gasteiger partial charge in [0.05, 0.1) is 32.0 Å². The number of aryl methyl sites for hydroxylation is 1. The molecule has 0 spiro atoms. The molecule has 2 aromatic carbocycles. The van der Waals surface area contributed by atoms with Crippen LogP contribution in [0.2, 0.25) is 5.02 Å². The van der Waals surface area contributed by atoms with Gasteiger partial charge in [-0.3, -0.25) is 4.79 Å². The normalized spacial score (nSPS) is 14.9. The molecule has 1 aliphatic heterocycles. The highest BCUT2D eigenvalue weighted by Gasteiger charge is 2.32. The quantitative estimate of drug-likeness (QED) is 0.200. The number of furan rings is 1. The molecule has 3 aromatic rings. The van der Waals surface area contributed by atoms with Gasteiger partial charge in [0.25, 0.3) is 5.91 Å². The predicted octanol–water partition coefficient (Wildman–Crippen LogP) is 4.25. The third-order valence-electron chi connectivity index (χ3n) is 6.03. The number of hydrogen-bond acceptors (Lipinski definition) is 8. The summed E-state index contributed by atoms with van der Waals surface area (Å²) < 4.78 is 21.7. The first-order valence-corrected chi connectivity index (χ1v) is 12.4. The van der Waals surface area contributed by atoms with Gasteiger partial charge < -0.3 is 29.3 Å². The van der Waals surface area contributed by atoms with Crippen LogP contribution >= 0.6 is 11.6 Å². The largest absolute Gasteiger partial charge is 0.493 e. The van der Waals surface area contributed by atoms with E-state index in [1.54, 1.807) is 43.3 Å². The Morgan fingerprint density at radius 3 is 2.65 bits per heavy atom. The Balaban J connectivity index is 1.38. The summed E-state index contributed by atoms with van der Waals surface area (Å²) in [7, 11) is 2.69. The lowest BCUT2D eigenvalue weighted by molar-refractivity contribution is -0.136. The number of halogens is 1. The molecule has 3 N–H and O–H groups in total. The number of hydrazone groups is 1. The van der Waals surface area contributed by atoms with Crippen molar-refractivity contribution < 1.29 is 33.0 Å². The summed E-state index contributed by atoms with van der Waals surface area (Å²) in [6.45, 7) is 3.21. The zero-order valence-electron chi connectivity index (χ0n) is 22.2. The van der Waals surface area contributed by atoms with Gasteiger partial charge in [0.2, 0.25) is 0 Å². The fourth-order valence-electron chi connectivity index (χ4n) is 4.08. The number of nitrogens with one attached hydrogen (secondary N) is 3. The van der Waals surface area contributed by atoms with Gasteiger partial charge in [-0.1, -0.05) is 23.7 Å². The van der Waals surface area contributed by atoms with Gasteiger partial charge >= 0.3 is 12.0 Å². The first-order valence-electron chi connectivity index (χ1n) is 12.1. The molecule has 12 heteroatoms. The second kappa shape index (κ2) is 12.4. The number of carbonyl (C=O) groups excluding carboxylic acids is 3. The number of urea groups is 1. The number of carbonyl (C=O) groups is 3. The van der Waals surface area contributed by atoms with Crippen molar-refractivity contribution in [3.63, 3.8) is 0 Å². The Bertz CT molecular complexity index is 1510. The molecule has 4 rings (SSSR count). The van der Waals surface area contributed by atoms with E-state index in [0.29, 0.717) is 33.6 Å². The van der Waals surface area contributed by atoms with E-state index in [4.69, 9.17) is 30.2 Å². The third kappa shape index (κ3) is 6.44. The standard InChI is InChI=1S/C28H27ClN4O7/c1-15-5-7-18(29)12-20(15)21-10-8-19(40-21)13-30-33-24(34)14-39-22-9-6-17(11-23(22)37-3)26-25(27(35)38-4)16(2)31-28(36)32-26/h5-13,26H,14H2,1-4H3,(H,33,34)(H2,31,32,36)/b30-13-/t26-/m1/s1. The molecule has 40 heavy (non-hydrogen) atoms. The Kier molecular flexibility index (Phi) is 8.75. The van der Waals surface area contributed by atoms with E-state index in [1.807, 2.05) is 19.1 Å². The van der Waals surface area contributed by atoms with Gasteiger partial charge in [-0.2, -0.15) is 5.10 Å². The summed E-state index contributed by atoms with van der Waals surface area (Å²) in [6, 6.07) is 12.6. The van der Waals surface area contributed by atoms with Crippen LogP contribution in [0.3, 0.4) is 0 Å². The summed E-state index contributed by atoms with van der Waals surface area (Å²) in [5, 5.41) is 9.78. The second-order valence-electron chi connectivity index (χ2n) is 8.72. The minimum Gasteiger partial charge on any atom is -0.493 e. The van der Waals surface area contributed by atoms with Crippen molar-refractivity contribution in [2.45, 2.75) is 19.9 Å². The van der Waals surface area contributed by atoms with Gasteiger partial charge in [-0.05, 0) is 61.4 Å². The van der Waals surface area contributed by atoms with Crippen molar-refractivity contribution in [3.8, 4) is 22.8 Å². The van der Waals surface area contributed by atoms with Crippen molar-refractivity contribution in [1.29, 1.82) is 0 Å². The van der Waals surface area contributed by atoms with Crippen molar-refractivity contribution in [2.24, 2.45) is 5.10 Å². The molecule has 0 bridgehead atoms. The maximum absolute atomic E-state index is 12.3. The smallest absolute Gasteiger partial charge is 0.337 e. The molecule has 2 heterocycles. The van der Waals surface area contributed by atoms with Crippen molar-refractivity contribution in [2.75, 3.05) is 20.8 Å². The van der Waals surface area contributed by atoms with Crippen LogP contribution in [-0.4, -0.2) is 44.9 Å². The first-order chi connectivity index (χ1) is 19.2. The van der Waals surface area contributed by atoms with Gasteiger partial charge in [0.1, 0.15) is 11.5 Å².